The second kappa shape index (κ2) is 12.2. The van der Waals surface area contributed by atoms with E-state index in [1.165, 1.54) is 11.3 Å². The Morgan fingerprint density at radius 3 is 2.66 bits per heavy atom. The van der Waals surface area contributed by atoms with Gasteiger partial charge in [0.25, 0.3) is 0 Å². The zero-order chi connectivity index (χ0) is 21.1. The molecule has 29 heavy (non-hydrogen) atoms. The molecule has 0 aliphatic carbocycles. The largest absolute Gasteiger partial charge is 0.444 e. The van der Waals surface area contributed by atoms with Crippen LogP contribution in [0.5, 0.6) is 0 Å². The number of nitrogens with zero attached hydrogens (tertiary/aromatic N) is 1. The highest BCUT2D eigenvalue weighted by molar-refractivity contribution is 7.09. The number of carbonyl (C=O) groups excluding carboxylic acids is 2. The maximum atomic E-state index is 12.2. The highest BCUT2D eigenvalue weighted by atomic mass is 32.1. The van der Waals surface area contributed by atoms with E-state index < -0.39 is 12.1 Å². The van der Waals surface area contributed by atoms with Gasteiger partial charge in [-0.2, -0.15) is 0 Å². The molecule has 2 aromatic rings. The number of nitrogens with two attached hydrogens (primary N) is 1. The van der Waals surface area contributed by atoms with Crippen LogP contribution in [-0.2, 0) is 22.6 Å². The Labute approximate surface area is 176 Å². The molecule has 1 heterocycles. The topological polar surface area (TPSA) is 106 Å². The zero-order valence-electron chi connectivity index (χ0n) is 17.0. The Hall–Kier alpha value is -2.45. The Morgan fingerprint density at radius 1 is 1.24 bits per heavy atom. The van der Waals surface area contributed by atoms with E-state index >= 15 is 0 Å². The van der Waals surface area contributed by atoms with Crippen molar-refractivity contribution in [3.8, 4) is 0 Å². The molecule has 0 aliphatic heterocycles. The summed E-state index contributed by atoms with van der Waals surface area (Å²) in [6.07, 6.45) is 3.36. The van der Waals surface area contributed by atoms with Crippen molar-refractivity contribution < 1.29 is 14.3 Å². The summed E-state index contributed by atoms with van der Waals surface area (Å²) in [4.78, 5) is 29.0. The number of nitrogens with one attached hydrogen (secondary N) is 2. The molecule has 0 unspecified atom stereocenters. The van der Waals surface area contributed by atoms with E-state index in [2.05, 4.69) is 15.6 Å². The van der Waals surface area contributed by atoms with E-state index in [4.69, 9.17) is 10.5 Å². The van der Waals surface area contributed by atoms with Crippen molar-refractivity contribution in [2.75, 3.05) is 6.54 Å². The molecule has 0 bridgehead atoms. The minimum atomic E-state index is -0.505. The van der Waals surface area contributed by atoms with Gasteiger partial charge in [-0.05, 0) is 30.7 Å². The van der Waals surface area contributed by atoms with Gasteiger partial charge in [0, 0.05) is 18.8 Å². The van der Waals surface area contributed by atoms with Gasteiger partial charge in [-0.1, -0.05) is 44.2 Å². The summed E-state index contributed by atoms with van der Waals surface area (Å²) in [5.74, 6) is -0.0488. The van der Waals surface area contributed by atoms with Crippen molar-refractivity contribution in [3.63, 3.8) is 0 Å². The molecule has 1 aromatic heterocycles. The first-order valence-corrected chi connectivity index (χ1v) is 10.7. The number of amides is 2. The van der Waals surface area contributed by atoms with Crippen LogP contribution in [-0.4, -0.2) is 35.6 Å². The van der Waals surface area contributed by atoms with E-state index in [9.17, 15) is 9.59 Å². The minimum Gasteiger partial charge on any atom is -0.444 e. The summed E-state index contributed by atoms with van der Waals surface area (Å²) in [6.45, 7) is 4.56. The fraction of sp³-hybridized carbons (Fsp3) is 0.476. The van der Waals surface area contributed by atoms with Crippen molar-refractivity contribution >= 4 is 23.3 Å². The molecule has 158 valence electrons. The molecule has 4 N–H and O–H groups in total. The standard InChI is InChI=1S/C21H30N4O3S/c1-15(2)19(22)20(26)24-10-6-9-17(11-16-7-4-3-5-8-16)25-21(27)28-13-18-12-23-14-29-18/h3-5,7-8,12,14-15,17,19H,6,9-11,13,22H2,1-2H3,(H,24,26)(H,25,27)/t17-,19+/m1/s1. The molecule has 2 amide bonds. The van der Waals surface area contributed by atoms with Crippen LogP contribution in [0.1, 0.15) is 37.1 Å². The molecule has 0 saturated heterocycles. The molecule has 1 aromatic carbocycles. The monoisotopic (exact) mass is 418 g/mol. The normalized spacial score (nSPS) is 13.0. The first-order valence-electron chi connectivity index (χ1n) is 9.83. The quantitative estimate of drug-likeness (QED) is 0.487. The maximum absolute atomic E-state index is 12.2. The van der Waals surface area contributed by atoms with Gasteiger partial charge in [0.05, 0.1) is 16.4 Å². The van der Waals surface area contributed by atoms with Gasteiger partial charge in [0.15, 0.2) is 0 Å². The van der Waals surface area contributed by atoms with Gasteiger partial charge in [0.2, 0.25) is 5.91 Å². The van der Waals surface area contributed by atoms with E-state index in [-0.39, 0.29) is 24.5 Å². The molecule has 0 fully saturated rings. The highest BCUT2D eigenvalue weighted by Gasteiger charge is 2.17. The van der Waals surface area contributed by atoms with Crippen LogP contribution in [0.15, 0.2) is 42.0 Å². The molecule has 0 aliphatic rings. The summed E-state index contributed by atoms with van der Waals surface area (Å²) in [6, 6.07) is 9.37. The van der Waals surface area contributed by atoms with Gasteiger partial charge in [-0.15, -0.1) is 11.3 Å². The fourth-order valence-electron chi connectivity index (χ4n) is 2.76. The zero-order valence-corrected chi connectivity index (χ0v) is 17.8. The van der Waals surface area contributed by atoms with Crippen molar-refractivity contribution in [1.82, 2.24) is 15.6 Å². The van der Waals surface area contributed by atoms with Crippen LogP contribution in [0, 0.1) is 5.92 Å². The number of alkyl carbamates (subject to hydrolysis) is 1. The smallest absolute Gasteiger partial charge is 0.407 e. The Bertz CT molecular complexity index is 738. The summed E-state index contributed by atoms with van der Waals surface area (Å²) in [5.41, 5.74) is 8.69. The average molecular weight is 419 g/mol. The van der Waals surface area contributed by atoms with Crippen molar-refractivity contribution in [2.45, 2.75) is 51.8 Å². The number of carbonyl (C=O) groups is 2. The summed E-state index contributed by atoms with van der Waals surface area (Å²) in [5, 5.41) is 5.81. The molecule has 0 spiro atoms. The lowest BCUT2D eigenvalue weighted by molar-refractivity contribution is -0.123. The van der Waals surface area contributed by atoms with Gasteiger partial charge >= 0.3 is 6.09 Å². The average Bonchev–Trinajstić information content (AvgIpc) is 3.23. The predicted octanol–water partition coefficient (Wildman–Crippen LogP) is 2.86. The lowest BCUT2D eigenvalue weighted by atomic mass is 10.0. The highest BCUT2D eigenvalue weighted by Crippen LogP contribution is 2.10. The number of benzene rings is 1. The minimum absolute atomic E-state index is 0.0933. The number of ether oxygens (including phenoxy) is 1. The second-order valence-corrected chi connectivity index (χ2v) is 8.25. The Kier molecular flexibility index (Phi) is 9.59. The molecule has 2 atom stereocenters. The van der Waals surface area contributed by atoms with Crippen molar-refractivity contribution in [2.24, 2.45) is 11.7 Å². The van der Waals surface area contributed by atoms with Crippen LogP contribution in [0.4, 0.5) is 4.79 Å². The fourth-order valence-corrected chi connectivity index (χ4v) is 3.27. The summed E-state index contributed by atoms with van der Waals surface area (Å²) >= 11 is 1.44. The lowest BCUT2D eigenvalue weighted by Gasteiger charge is -2.20. The number of rotatable bonds is 11. The van der Waals surface area contributed by atoms with E-state index in [0.29, 0.717) is 19.4 Å². The molecular weight excluding hydrogens is 388 g/mol. The third-order valence-corrected chi connectivity index (χ3v) is 5.28. The van der Waals surface area contributed by atoms with E-state index in [1.807, 2.05) is 44.2 Å². The van der Waals surface area contributed by atoms with Crippen molar-refractivity contribution in [3.05, 3.63) is 52.5 Å². The first kappa shape index (κ1) is 22.8. The molecule has 8 heteroatoms. The van der Waals surface area contributed by atoms with Crippen LogP contribution in [0.2, 0.25) is 0 Å². The third kappa shape index (κ3) is 8.62. The second-order valence-electron chi connectivity index (χ2n) is 7.28. The van der Waals surface area contributed by atoms with Crippen LogP contribution in [0.3, 0.4) is 0 Å². The van der Waals surface area contributed by atoms with Crippen LogP contribution >= 0.6 is 11.3 Å². The molecule has 2 rings (SSSR count). The van der Waals surface area contributed by atoms with Gasteiger partial charge in [-0.25, -0.2) is 4.79 Å². The molecule has 7 nitrogen and oxygen atoms in total. The van der Waals surface area contributed by atoms with Crippen LogP contribution < -0.4 is 16.4 Å². The Morgan fingerprint density at radius 2 is 2.00 bits per heavy atom. The number of aromatic nitrogens is 1. The summed E-state index contributed by atoms with van der Waals surface area (Å²) in [7, 11) is 0. The molecule has 0 radical (unpaired) electrons. The molecule has 0 saturated carbocycles. The first-order chi connectivity index (χ1) is 14.0. The van der Waals surface area contributed by atoms with Gasteiger partial charge in [0.1, 0.15) is 6.61 Å². The lowest BCUT2D eigenvalue weighted by Crippen LogP contribution is -2.44. The van der Waals surface area contributed by atoms with Crippen molar-refractivity contribution in [1.29, 1.82) is 0 Å². The number of hydrogen-bond donors (Lipinski definition) is 3. The molecular formula is C21H30N4O3S. The maximum Gasteiger partial charge on any atom is 0.407 e. The van der Waals surface area contributed by atoms with Gasteiger partial charge in [-0.3, -0.25) is 9.78 Å². The third-order valence-electron chi connectivity index (χ3n) is 4.53. The number of thiazole rings is 1. The van der Waals surface area contributed by atoms with Crippen LogP contribution in [0.25, 0.3) is 0 Å². The SMILES string of the molecule is CC(C)[C@H](N)C(=O)NCCC[C@H](Cc1ccccc1)NC(=O)OCc1cncs1. The summed E-state index contributed by atoms with van der Waals surface area (Å²) < 4.78 is 5.29. The van der Waals surface area contributed by atoms with E-state index in [1.54, 1.807) is 11.7 Å². The number of hydrogen-bond acceptors (Lipinski definition) is 6. The van der Waals surface area contributed by atoms with E-state index in [0.717, 1.165) is 16.9 Å². The Balaban J connectivity index is 1.82. The predicted molar refractivity (Wildman–Crippen MR) is 114 cm³/mol. The van der Waals surface area contributed by atoms with Gasteiger partial charge < -0.3 is 21.1 Å².